The van der Waals surface area contributed by atoms with Gasteiger partial charge < -0.3 is 15.7 Å². The zero-order chi connectivity index (χ0) is 17.7. The van der Waals surface area contributed by atoms with E-state index in [9.17, 15) is 19.5 Å². The van der Waals surface area contributed by atoms with E-state index in [0.717, 1.165) is 12.8 Å². The summed E-state index contributed by atoms with van der Waals surface area (Å²) in [5, 5.41) is 14.8. The van der Waals surface area contributed by atoms with Gasteiger partial charge in [0, 0.05) is 17.3 Å². The van der Waals surface area contributed by atoms with E-state index in [0.29, 0.717) is 24.2 Å². The van der Waals surface area contributed by atoms with Crippen molar-refractivity contribution >= 4 is 29.2 Å². The number of rotatable bonds is 5. The highest BCUT2D eigenvalue weighted by molar-refractivity contribution is 5.96. The molecule has 0 aromatic heterocycles. The molecule has 0 aliphatic heterocycles. The molecule has 1 saturated carbocycles. The van der Waals surface area contributed by atoms with Gasteiger partial charge in [-0.15, -0.1) is 0 Å². The molecular formula is C18H24N2O4. The minimum Gasteiger partial charge on any atom is -0.481 e. The van der Waals surface area contributed by atoms with Crippen LogP contribution in [0.3, 0.4) is 0 Å². The maximum atomic E-state index is 12.4. The maximum absolute atomic E-state index is 12.4. The molecular weight excluding hydrogens is 308 g/mol. The Hall–Kier alpha value is -2.37. The molecule has 1 aliphatic carbocycles. The molecule has 1 fully saturated rings. The molecule has 1 aliphatic rings. The third-order valence-electron chi connectivity index (χ3n) is 4.36. The Kier molecular flexibility index (Phi) is 5.95. The number of amides is 2. The fraction of sp³-hybridized carbons (Fsp3) is 0.500. The molecule has 1 aromatic carbocycles. The first-order valence-corrected chi connectivity index (χ1v) is 8.33. The molecule has 0 radical (unpaired) electrons. The minimum absolute atomic E-state index is 0.0710. The van der Waals surface area contributed by atoms with Gasteiger partial charge in [0.15, 0.2) is 0 Å². The number of anilines is 2. The summed E-state index contributed by atoms with van der Waals surface area (Å²) in [6.45, 7) is 3.62. The van der Waals surface area contributed by atoms with Gasteiger partial charge in [-0.25, -0.2) is 0 Å². The first-order valence-electron chi connectivity index (χ1n) is 8.33. The lowest BCUT2D eigenvalue weighted by atomic mass is 9.78. The second kappa shape index (κ2) is 7.95. The van der Waals surface area contributed by atoms with E-state index >= 15 is 0 Å². The number of nitrogens with one attached hydrogen (secondary N) is 2. The van der Waals surface area contributed by atoms with Gasteiger partial charge in [0.25, 0.3) is 0 Å². The molecule has 130 valence electrons. The second-order valence-electron chi connectivity index (χ2n) is 6.55. The SMILES string of the molecule is CC(C)C(=O)Nc1ccc(NC(=O)[C@@H]2CCCC[C@H]2C(=O)O)cc1. The quantitative estimate of drug-likeness (QED) is 0.772. The number of carboxylic acid groups (broad SMARTS) is 1. The Labute approximate surface area is 141 Å². The fourth-order valence-electron chi connectivity index (χ4n) is 2.90. The molecule has 6 nitrogen and oxygen atoms in total. The van der Waals surface area contributed by atoms with Gasteiger partial charge in [0.1, 0.15) is 0 Å². The van der Waals surface area contributed by atoms with Crippen molar-refractivity contribution in [3.8, 4) is 0 Å². The topological polar surface area (TPSA) is 95.5 Å². The summed E-state index contributed by atoms with van der Waals surface area (Å²) in [4.78, 5) is 35.3. The maximum Gasteiger partial charge on any atom is 0.307 e. The van der Waals surface area contributed by atoms with E-state index < -0.39 is 17.8 Å². The smallest absolute Gasteiger partial charge is 0.307 e. The van der Waals surface area contributed by atoms with Crippen LogP contribution in [0.15, 0.2) is 24.3 Å². The molecule has 0 saturated heterocycles. The van der Waals surface area contributed by atoms with Crippen LogP contribution in [0.5, 0.6) is 0 Å². The Morgan fingerprint density at radius 2 is 1.46 bits per heavy atom. The molecule has 0 bridgehead atoms. The van der Waals surface area contributed by atoms with Crippen molar-refractivity contribution in [1.29, 1.82) is 0 Å². The van der Waals surface area contributed by atoms with Gasteiger partial charge in [0.2, 0.25) is 11.8 Å². The second-order valence-corrected chi connectivity index (χ2v) is 6.55. The predicted molar refractivity (Wildman–Crippen MR) is 91.6 cm³/mol. The van der Waals surface area contributed by atoms with Crippen molar-refractivity contribution in [3.05, 3.63) is 24.3 Å². The molecule has 24 heavy (non-hydrogen) atoms. The van der Waals surface area contributed by atoms with Crippen LogP contribution in [-0.4, -0.2) is 22.9 Å². The average Bonchev–Trinajstić information content (AvgIpc) is 2.56. The number of aliphatic carboxylic acids is 1. The number of benzene rings is 1. The monoisotopic (exact) mass is 332 g/mol. The molecule has 3 N–H and O–H groups in total. The van der Waals surface area contributed by atoms with E-state index in [4.69, 9.17) is 0 Å². The Morgan fingerprint density at radius 1 is 0.958 bits per heavy atom. The van der Waals surface area contributed by atoms with E-state index in [1.807, 2.05) is 13.8 Å². The summed E-state index contributed by atoms with van der Waals surface area (Å²) in [5.41, 5.74) is 1.25. The zero-order valence-electron chi connectivity index (χ0n) is 14.0. The van der Waals surface area contributed by atoms with Crippen molar-refractivity contribution in [2.45, 2.75) is 39.5 Å². The molecule has 2 amide bonds. The Balaban J connectivity index is 1.98. The highest BCUT2D eigenvalue weighted by Gasteiger charge is 2.35. The lowest BCUT2D eigenvalue weighted by Gasteiger charge is -2.27. The molecule has 6 heteroatoms. The first-order chi connectivity index (χ1) is 11.4. The largest absolute Gasteiger partial charge is 0.481 e. The lowest BCUT2D eigenvalue weighted by molar-refractivity contribution is -0.147. The lowest BCUT2D eigenvalue weighted by Crippen LogP contribution is -2.36. The van der Waals surface area contributed by atoms with Crippen LogP contribution in [0.1, 0.15) is 39.5 Å². The molecule has 1 aromatic rings. The number of carboxylic acids is 1. The standard InChI is InChI=1S/C18H24N2O4/c1-11(2)16(21)19-12-7-9-13(10-8-12)20-17(22)14-5-3-4-6-15(14)18(23)24/h7-11,14-15H,3-6H2,1-2H3,(H,19,21)(H,20,22)(H,23,24)/t14-,15-/m1/s1. The van der Waals surface area contributed by atoms with Crippen LogP contribution in [-0.2, 0) is 14.4 Å². The van der Waals surface area contributed by atoms with Crippen molar-refractivity contribution in [2.75, 3.05) is 10.6 Å². The number of carbonyl (C=O) groups is 3. The van der Waals surface area contributed by atoms with Gasteiger partial charge in [-0.1, -0.05) is 26.7 Å². The molecule has 2 atom stereocenters. The Bertz CT molecular complexity index is 610. The van der Waals surface area contributed by atoms with Gasteiger partial charge in [-0.2, -0.15) is 0 Å². The third kappa shape index (κ3) is 4.57. The summed E-state index contributed by atoms with van der Waals surface area (Å²) in [6.07, 6.45) is 2.88. The van der Waals surface area contributed by atoms with Crippen LogP contribution in [0.25, 0.3) is 0 Å². The van der Waals surface area contributed by atoms with Crippen molar-refractivity contribution in [3.63, 3.8) is 0 Å². The van der Waals surface area contributed by atoms with E-state index in [2.05, 4.69) is 10.6 Å². The van der Waals surface area contributed by atoms with Crippen LogP contribution >= 0.6 is 0 Å². The molecule has 0 heterocycles. The zero-order valence-corrected chi connectivity index (χ0v) is 14.0. The summed E-state index contributed by atoms with van der Waals surface area (Å²) in [7, 11) is 0. The number of hydrogen-bond acceptors (Lipinski definition) is 3. The highest BCUT2D eigenvalue weighted by Crippen LogP contribution is 2.31. The predicted octanol–water partition coefficient (Wildman–Crippen LogP) is 3.11. The highest BCUT2D eigenvalue weighted by atomic mass is 16.4. The van der Waals surface area contributed by atoms with Crippen LogP contribution < -0.4 is 10.6 Å². The van der Waals surface area contributed by atoms with Crippen molar-refractivity contribution in [1.82, 2.24) is 0 Å². The summed E-state index contributed by atoms with van der Waals surface area (Å²) in [6, 6.07) is 6.83. The molecule has 2 rings (SSSR count). The minimum atomic E-state index is -0.901. The summed E-state index contributed by atoms with van der Waals surface area (Å²) < 4.78 is 0. The van der Waals surface area contributed by atoms with Crippen molar-refractivity contribution in [2.24, 2.45) is 17.8 Å². The normalized spacial score (nSPS) is 20.5. The van der Waals surface area contributed by atoms with E-state index in [1.54, 1.807) is 24.3 Å². The summed E-state index contributed by atoms with van der Waals surface area (Å²) >= 11 is 0. The summed E-state index contributed by atoms with van der Waals surface area (Å²) in [5.74, 6) is -2.43. The molecule has 0 unspecified atom stereocenters. The van der Waals surface area contributed by atoms with Crippen LogP contribution in [0.2, 0.25) is 0 Å². The molecule has 0 spiro atoms. The number of hydrogen-bond donors (Lipinski definition) is 3. The van der Waals surface area contributed by atoms with E-state index in [-0.39, 0.29) is 17.7 Å². The first kappa shape index (κ1) is 18.0. The van der Waals surface area contributed by atoms with Gasteiger partial charge in [0.05, 0.1) is 11.8 Å². The van der Waals surface area contributed by atoms with Gasteiger partial charge >= 0.3 is 5.97 Å². The van der Waals surface area contributed by atoms with Crippen molar-refractivity contribution < 1.29 is 19.5 Å². The van der Waals surface area contributed by atoms with E-state index in [1.165, 1.54) is 0 Å². The van der Waals surface area contributed by atoms with Crippen LogP contribution in [0, 0.1) is 17.8 Å². The third-order valence-corrected chi connectivity index (χ3v) is 4.36. The number of carbonyl (C=O) groups excluding carboxylic acids is 2. The van der Waals surface area contributed by atoms with Gasteiger partial charge in [-0.05, 0) is 37.1 Å². The van der Waals surface area contributed by atoms with Gasteiger partial charge in [-0.3, -0.25) is 14.4 Å². The average molecular weight is 332 g/mol. The Morgan fingerprint density at radius 3 is 1.96 bits per heavy atom. The van der Waals surface area contributed by atoms with Crippen LogP contribution in [0.4, 0.5) is 11.4 Å². The fourth-order valence-corrected chi connectivity index (χ4v) is 2.90.